The summed E-state index contributed by atoms with van der Waals surface area (Å²) in [5.41, 5.74) is 1.11. The molecule has 4 nitrogen and oxygen atoms in total. The minimum atomic E-state index is 0.320. The Kier molecular flexibility index (Phi) is 4.98. The lowest BCUT2D eigenvalue weighted by atomic mass is 9.94. The number of carbonyl (C=O) groups is 1. The fourth-order valence-electron chi connectivity index (χ4n) is 3.27. The first kappa shape index (κ1) is 15.3. The highest BCUT2D eigenvalue weighted by Gasteiger charge is 2.33. The van der Waals surface area contributed by atoms with E-state index in [9.17, 15) is 4.79 Å². The van der Waals surface area contributed by atoms with E-state index in [2.05, 4.69) is 16.3 Å². The van der Waals surface area contributed by atoms with Gasteiger partial charge >= 0.3 is 0 Å². The highest BCUT2D eigenvalue weighted by molar-refractivity contribution is 5.77. The zero-order chi connectivity index (χ0) is 15.4. The summed E-state index contributed by atoms with van der Waals surface area (Å²) in [6, 6.07) is 8.46. The topological polar surface area (TPSA) is 41.6 Å². The summed E-state index contributed by atoms with van der Waals surface area (Å²) in [6.45, 7) is 2.78. The Morgan fingerprint density at radius 3 is 2.64 bits per heavy atom. The van der Waals surface area contributed by atoms with Gasteiger partial charge in [0.2, 0.25) is 5.91 Å². The van der Waals surface area contributed by atoms with E-state index >= 15 is 0 Å². The quantitative estimate of drug-likeness (QED) is 0.878. The number of nitrogens with zero attached hydrogens (tertiary/aromatic N) is 1. The minimum absolute atomic E-state index is 0.320. The molecule has 1 saturated heterocycles. The predicted octanol–water partition coefficient (Wildman–Crippen LogP) is 2.58. The average molecular weight is 302 g/mol. The number of methoxy groups -OCH3 is 1. The van der Waals surface area contributed by atoms with Crippen LogP contribution in [0.25, 0.3) is 0 Å². The lowest BCUT2D eigenvalue weighted by Gasteiger charge is -2.28. The lowest BCUT2D eigenvalue weighted by Crippen LogP contribution is -2.36. The number of hydrogen-bond donors (Lipinski definition) is 1. The molecule has 2 fully saturated rings. The van der Waals surface area contributed by atoms with E-state index in [0.717, 1.165) is 50.1 Å². The van der Waals surface area contributed by atoms with Gasteiger partial charge in [0, 0.05) is 24.6 Å². The van der Waals surface area contributed by atoms with Gasteiger partial charge in [-0.2, -0.15) is 0 Å². The van der Waals surface area contributed by atoms with Gasteiger partial charge in [-0.3, -0.25) is 4.79 Å². The molecule has 120 valence electrons. The molecule has 0 unspecified atom stereocenters. The van der Waals surface area contributed by atoms with Crippen LogP contribution in [0.5, 0.6) is 5.75 Å². The predicted molar refractivity (Wildman–Crippen MR) is 86.8 cm³/mol. The Labute approximate surface area is 132 Å². The fraction of sp³-hybridized carbons (Fsp3) is 0.611. The van der Waals surface area contributed by atoms with Crippen LogP contribution in [-0.4, -0.2) is 37.0 Å². The maximum Gasteiger partial charge on any atom is 0.223 e. The summed E-state index contributed by atoms with van der Waals surface area (Å²) in [6.07, 6.45) is 5.24. The van der Waals surface area contributed by atoms with Gasteiger partial charge in [-0.1, -0.05) is 18.2 Å². The van der Waals surface area contributed by atoms with Crippen molar-refractivity contribution in [2.75, 3.05) is 20.2 Å². The molecule has 1 aromatic rings. The van der Waals surface area contributed by atoms with Crippen LogP contribution >= 0.6 is 0 Å². The Balaban J connectivity index is 1.65. The zero-order valence-corrected chi connectivity index (χ0v) is 13.4. The number of amides is 1. The molecule has 1 saturated carbocycles. The maximum absolute atomic E-state index is 12.8. The molecule has 4 heteroatoms. The van der Waals surface area contributed by atoms with Gasteiger partial charge in [-0.05, 0) is 50.8 Å². The first-order chi connectivity index (χ1) is 10.8. The first-order valence-corrected chi connectivity index (χ1v) is 8.40. The third kappa shape index (κ3) is 3.80. The van der Waals surface area contributed by atoms with E-state index in [1.807, 2.05) is 18.2 Å². The lowest BCUT2D eigenvalue weighted by molar-refractivity contribution is -0.133. The van der Waals surface area contributed by atoms with E-state index in [1.165, 1.54) is 0 Å². The Hall–Kier alpha value is -1.55. The van der Waals surface area contributed by atoms with Crippen LogP contribution in [0.4, 0.5) is 0 Å². The number of carbonyl (C=O) groups excluding carboxylic acids is 1. The van der Waals surface area contributed by atoms with Crippen LogP contribution in [0, 0.1) is 5.92 Å². The largest absolute Gasteiger partial charge is 0.496 e. The van der Waals surface area contributed by atoms with Crippen LogP contribution in [0.15, 0.2) is 24.3 Å². The summed E-state index contributed by atoms with van der Waals surface area (Å²) in [7, 11) is 1.69. The van der Waals surface area contributed by atoms with Gasteiger partial charge in [0.25, 0.3) is 0 Å². The Morgan fingerprint density at radius 2 is 1.95 bits per heavy atom. The van der Waals surface area contributed by atoms with Gasteiger partial charge in [0.05, 0.1) is 7.11 Å². The van der Waals surface area contributed by atoms with Crippen molar-refractivity contribution in [3.63, 3.8) is 0 Å². The van der Waals surface area contributed by atoms with Crippen molar-refractivity contribution >= 4 is 5.91 Å². The molecular formula is C18H26N2O2. The molecule has 22 heavy (non-hydrogen) atoms. The summed E-state index contributed by atoms with van der Waals surface area (Å²) in [4.78, 5) is 14.8. The van der Waals surface area contributed by atoms with E-state index in [-0.39, 0.29) is 0 Å². The number of piperidine rings is 1. The van der Waals surface area contributed by atoms with Crippen LogP contribution < -0.4 is 10.1 Å². The third-order valence-corrected chi connectivity index (χ3v) is 4.76. The standard InChI is InChI=1S/C18H26N2O2/c1-22-17-5-3-2-4-15(17)13-20(16-6-7-16)18(21)12-14-8-10-19-11-9-14/h2-5,14,16,19H,6-13H2,1H3. The van der Waals surface area contributed by atoms with Crippen molar-refractivity contribution in [1.29, 1.82) is 0 Å². The van der Waals surface area contributed by atoms with Crippen molar-refractivity contribution in [3.05, 3.63) is 29.8 Å². The number of ether oxygens (including phenoxy) is 1. The molecule has 0 spiro atoms. The molecule has 1 amide bonds. The van der Waals surface area contributed by atoms with Crippen molar-refractivity contribution < 1.29 is 9.53 Å². The summed E-state index contributed by atoms with van der Waals surface area (Å²) >= 11 is 0. The number of para-hydroxylation sites is 1. The van der Waals surface area contributed by atoms with Crippen LogP contribution in [0.2, 0.25) is 0 Å². The molecule has 1 aromatic carbocycles. The third-order valence-electron chi connectivity index (χ3n) is 4.76. The molecule has 1 heterocycles. The summed E-state index contributed by atoms with van der Waals surface area (Å²) < 4.78 is 5.43. The van der Waals surface area contributed by atoms with Crippen molar-refractivity contribution in [2.24, 2.45) is 5.92 Å². The molecule has 2 aliphatic rings. The first-order valence-electron chi connectivity index (χ1n) is 8.40. The Morgan fingerprint density at radius 1 is 1.23 bits per heavy atom. The molecule has 1 aliphatic heterocycles. The van der Waals surface area contributed by atoms with Gasteiger partial charge < -0.3 is 15.0 Å². The summed E-state index contributed by atoms with van der Waals surface area (Å²) in [5, 5.41) is 3.37. The smallest absolute Gasteiger partial charge is 0.223 e. The van der Waals surface area contributed by atoms with E-state index in [0.29, 0.717) is 30.8 Å². The normalized spacial score (nSPS) is 19.0. The van der Waals surface area contributed by atoms with Crippen LogP contribution in [-0.2, 0) is 11.3 Å². The molecular weight excluding hydrogens is 276 g/mol. The second kappa shape index (κ2) is 7.14. The number of rotatable bonds is 6. The number of hydrogen-bond acceptors (Lipinski definition) is 3. The van der Waals surface area contributed by atoms with Gasteiger partial charge in [-0.15, -0.1) is 0 Å². The fourth-order valence-corrected chi connectivity index (χ4v) is 3.27. The van der Waals surface area contributed by atoms with Crippen LogP contribution in [0.1, 0.15) is 37.7 Å². The monoisotopic (exact) mass is 302 g/mol. The van der Waals surface area contributed by atoms with Gasteiger partial charge in [-0.25, -0.2) is 0 Å². The molecule has 0 radical (unpaired) electrons. The van der Waals surface area contributed by atoms with Crippen molar-refractivity contribution in [2.45, 2.75) is 44.7 Å². The molecule has 1 aliphatic carbocycles. The van der Waals surface area contributed by atoms with Crippen molar-refractivity contribution in [1.82, 2.24) is 10.2 Å². The van der Waals surface area contributed by atoms with E-state index < -0.39 is 0 Å². The molecule has 1 N–H and O–H groups in total. The van der Waals surface area contributed by atoms with Gasteiger partial charge in [0.1, 0.15) is 5.75 Å². The zero-order valence-electron chi connectivity index (χ0n) is 13.4. The molecule has 3 rings (SSSR count). The minimum Gasteiger partial charge on any atom is -0.496 e. The second-order valence-corrected chi connectivity index (χ2v) is 6.46. The SMILES string of the molecule is COc1ccccc1CN(C(=O)CC1CCNCC1)C1CC1. The maximum atomic E-state index is 12.8. The van der Waals surface area contributed by atoms with E-state index in [4.69, 9.17) is 4.74 Å². The average Bonchev–Trinajstić information content (AvgIpc) is 3.38. The van der Waals surface area contributed by atoms with E-state index in [1.54, 1.807) is 7.11 Å². The van der Waals surface area contributed by atoms with Crippen molar-refractivity contribution in [3.8, 4) is 5.75 Å². The molecule has 0 atom stereocenters. The van der Waals surface area contributed by atoms with Crippen LogP contribution in [0.3, 0.4) is 0 Å². The second-order valence-electron chi connectivity index (χ2n) is 6.46. The molecule has 0 aromatic heterocycles. The molecule has 0 bridgehead atoms. The highest BCUT2D eigenvalue weighted by Crippen LogP contribution is 2.32. The Bertz CT molecular complexity index is 508. The van der Waals surface area contributed by atoms with Gasteiger partial charge in [0.15, 0.2) is 0 Å². The number of benzene rings is 1. The number of nitrogens with one attached hydrogen (secondary N) is 1. The highest BCUT2D eigenvalue weighted by atomic mass is 16.5. The summed E-state index contributed by atoms with van der Waals surface area (Å²) in [5.74, 6) is 1.75.